The maximum absolute atomic E-state index is 11.2. The average molecular weight is 261 g/mol. The number of fused-ring (bicyclic) bond motifs is 1. The van der Waals surface area contributed by atoms with Crippen molar-refractivity contribution in [3.05, 3.63) is 30.1 Å². The topological polar surface area (TPSA) is 56.2 Å². The molecule has 0 bridgehead atoms. The molecular weight excluding hydrogens is 242 g/mol. The minimum absolute atomic E-state index is 0.203. The van der Waals surface area contributed by atoms with Crippen LogP contribution in [0, 0.1) is 0 Å². The van der Waals surface area contributed by atoms with Crippen molar-refractivity contribution in [3.63, 3.8) is 0 Å². The number of methoxy groups -OCH3 is 1. The van der Waals surface area contributed by atoms with Gasteiger partial charge >= 0.3 is 5.97 Å². The highest BCUT2D eigenvalue weighted by Crippen LogP contribution is 2.19. The second-order valence-corrected chi connectivity index (χ2v) is 4.33. The van der Waals surface area contributed by atoms with Gasteiger partial charge in [-0.3, -0.25) is 4.79 Å². The highest BCUT2D eigenvalue weighted by atomic mass is 16.5. The van der Waals surface area contributed by atoms with Crippen molar-refractivity contribution in [1.29, 1.82) is 0 Å². The van der Waals surface area contributed by atoms with Crippen LogP contribution in [0.4, 0.5) is 0 Å². The fraction of sp³-hybridized carbons (Fsp3) is 0.429. The van der Waals surface area contributed by atoms with Crippen LogP contribution in [-0.4, -0.2) is 29.2 Å². The Bertz CT molecular complexity index is 563. The summed E-state index contributed by atoms with van der Waals surface area (Å²) in [6.45, 7) is 4.40. The summed E-state index contributed by atoms with van der Waals surface area (Å²) in [4.78, 5) is 15.6. The zero-order valence-electron chi connectivity index (χ0n) is 11.3. The molecule has 0 aliphatic heterocycles. The molecule has 0 aliphatic rings. The van der Waals surface area contributed by atoms with E-state index in [1.54, 1.807) is 6.20 Å². The van der Waals surface area contributed by atoms with Crippen molar-refractivity contribution in [1.82, 2.24) is 14.9 Å². The molecule has 1 N–H and O–H groups in total. The number of hydrogen-bond donors (Lipinski definition) is 1. The molecule has 102 valence electrons. The van der Waals surface area contributed by atoms with Gasteiger partial charge in [-0.2, -0.15) is 0 Å². The molecule has 19 heavy (non-hydrogen) atoms. The van der Waals surface area contributed by atoms with Crippen molar-refractivity contribution >= 4 is 17.0 Å². The smallest absolute Gasteiger partial charge is 0.307 e. The first kappa shape index (κ1) is 13.5. The average Bonchev–Trinajstić information content (AvgIpc) is 2.81. The predicted molar refractivity (Wildman–Crippen MR) is 73.7 cm³/mol. The van der Waals surface area contributed by atoms with E-state index in [9.17, 15) is 4.79 Å². The van der Waals surface area contributed by atoms with E-state index in [0.717, 1.165) is 24.1 Å². The molecule has 5 nitrogen and oxygen atoms in total. The fourth-order valence-electron chi connectivity index (χ4n) is 2.08. The lowest BCUT2D eigenvalue weighted by molar-refractivity contribution is -0.140. The van der Waals surface area contributed by atoms with Crippen LogP contribution in [0.2, 0.25) is 0 Å². The number of carbonyl (C=O) groups is 1. The third-order valence-corrected chi connectivity index (χ3v) is 3.07. The fourth-order valence-corrected chi connectivity index (χ4v) is 2.08. The lowest BCUT2D eigenvalue weighted by atomic mass is 10.2. The Balaban J connectivity index is 2.25. The van der Waals surface area contributed by atoms with Crippen LogP contribution in [0.3, 0.4) is 0 Å². The lowest BCUT2D eigenvalue weighted by Gasteiger charge is -2.02. The first-order chi connectivity index (χ1) is 9.26. The van der Waals surface area contributed by atoms with Crippen molar-refractivity contribution < 1.29 is 9.53 Å². The van der Waals surface area contributed by atoms with Gasteiger partial charge < -0.3 is 14.6 Å². The molecule has 2 heterocycles. The van der Waals surface area contributed by atoms with Crippen molar-refractivity contribution in [2.45, 2.75) is 26.4 Å². The molecule has 0 saturated heterocycles. The lowest BCUT2D eigenvalue weighted by Crippen LogP contribution is -2.11. The van der Waals surface area contributed by atoms with Crippen LogP contribution in [-0.2, 0) is 22.6 Å². The number of ether oxygens (including phenoxy) is 1. The second kappa shape index (κ2) is 6.33. The summed E-state index contributed by atoms with van der Waals surface area (Å²) in [5.41, 5.74) is 2.12. The zero-order chi connectivity index (χ0) is 13.7. The monoisotopic (exact) mass is 261 g/mol. The molecule has 0 radical (unpaired) electrons. The van der Waals surface area contributed by atoms with Gasteiger partial charge in [0, 0.05) is 30.9 Å². The maximum atomic E-state index is 11.2. The van der Waals surface area contributed by atoms with Gasteiger partial charge in [0.2, 0.25) is 0 Å². The Morgan fingerprint density at radius 2 is 2.37 bits per heavy atom. The van der Waals surface area contributed by atoms with Crippen LogP contribution in [0.15, 0.2) is 24.5 Å². The molecular formula is C14H19N3O2. The normalized spacial score (nSPS) is 10.8. The van der Waals surface area contributed by atoms with Crippen LogP contribution in [0.1, 0.15) is 18.9 Å². The summed E-state index contributed by atoms with van der Waals surface area (Å²) >= 11 is 0. The van der Waals surface area contributed by atoms with E-state index in [0.29, 0.717) is 13.0 Å². The number of nitrogens with one attached hydrogen (secondary N) is 1. The van der Waals surface area contributed by atoms with Gasteiger partial charge in [-0.15, -0.1) is 0 Å². The molecule has 0 spiro atoms. The number of carbonyl (C=O) groups excluding carboxylic acids is 1. The number of pyridine rings is 1. The van der Waals surface area contributed by atoms with Crippen molar-refractivity contribution in [3.8, 4) is 0 Å². The third kappa shape index (κ3) is 3.12. The first-order valence-electron chi connectivity index (χ1n) is 6.46. The van der Waals surface area contributed by atoms with Gasteiger partial charge in [0.1, 0.15) is 5.65 Å². The highest BCUT2D eigenvalue weighted by Gasteiger charge is 2.10. The van der Waals surface area contributed by atoms with E-state index in [2.05, 4.69) is 34.2 Å². The molecule has 0 aromatic carbocycles. The number of esters is 1. The number of rotatable bonds is 6. The molecule has 0 amide bonds. The molecule has 2 rings (SSSR count). The highest BCUT2D eigenvalue weighted by molar-refractivity contribution is 5.80. The van der Waals surface area contributed by atoms with E-state index < -0.39 is 0 Å². The molecule has 5 heteroatoms. The predicted octanol–water partition coefficient (Wildman–Crippen LogP) is 1.71. The standard InChI is InChI=1S/C14H19N3O2/c1-3-15-9-11-10-17(8-6-13(18)19-2)14-12(11)5-4-7-16-14/h4-5,7,10,15H,3,6,8-9H2,1-2H3. The molecule has 0 aliphatic carbocycles. The first-order valence-corrected chi connectivity index (χ1v) is 6.46. The van der Waals surface area contributed by atoms with E-state index in [1.165, 1.54) is 12.7 Å². The summed E-state index contributed by atoms with van der Waals surface area (Å²) in [5, 5.41) is 4.45. The van der Waals surface area contributed by atoms with E-state index in [-0.39, 0.29) is 5.97 Å². The van der Waals surface area contributed by atoms with Crippen LogP contribution >= 0.6 is 0 Å². The van der Waals surface area contributed by atoms with Crippen molar-refractivity contribution in [2.75, 3.05) is 13.7 Å². The quantitative estimate of drug-likeness (QED) is 0.804. The van der Waals surface area contributed by atoms with Gasteiger partial charge in [-0.1, -0.05) is 6.92 Å². The summed E-state index contributed by atoms with van der Waals surface area (Å²) in [6.07, 6.45) is 4.19. The van der Waals surface area contributed by atoms with Gasteiger partial charge in [0.05, 0.1) is 13.5 Å². The van der Waals surface area contributed by atoms with Crippen LogP contribution < -0.4 is 5.32 Å². The van der Waals surface area contributed by atoms with Crippen LogP contribution in [0.25, 0.3) is 11.0 Å². The maximum Gasteiger partial charge on any atom is 0.307 e. The molecule has 2 aromatic rings. The summed E-state index contributed by atoms with van der Waals surface area (Å²) in [6, 6.07) is 3.99. The number of aromatic nitrogens is 2. The Labute approximate surface area is 112 Å². The van der Waals surface area contributed by atoms with Gasteiger partial charge in [-0.05, 0) is 24.2 Å². The van der Waals surface area contributed by atoms with E-state index >= 15 is 0 Å². The third-order valence-electron chi connectivity index (χ3n) is 3.07. The second-order valence-electron chi connectivity index (χ2n) is 4.33. The Hall–Kier alpha value is -1.88. The van der Waals surface area contributed by atoms with Gasteiger partial charge in [0.25, 0.3) is 0 Å². The summed E-state index contributed by atoms with van der Waals surface area (Å²) in [7, 11) is 1.41. The van der Waals surface area contributed by atoms with Crippen molar-refractivity contribution in [2.24, 2.45) is 0 Å². The minimum atomic E-state index is -0.203. The Morgan fingerprint density at radius 3 is 3.11 bits per heavy atom. The number of nitrogens with zero attached hydrogens (tertiary/aromatic N) is 2. The molecule has 2 aromatic heterocycles. The minimum Gasteiger partial charge on any atom is -0.469 e. The van der Waals surface area contributed by atoms with Crippen LogP contribution in [0.5, 0.6) is 0 Å². The Morgan fingerprint density at radius 1 is 1.53 bits per heavy atom. The largest absolute Gasteiger partial charge is 0.469 e. The summed E-state index contributed by atoms with van der Waals surface area (Å²) in [5.74, 6) is -0.203. The number of aryl methyl sites for hydroxylation is 1. The zero-order valence-corrected chi connectivity index (χ0v) is 11.3. The summed E-state index contributed by atoms with van der Waals surface area (Å²) < 4.78 is 6.68. The molecule has 0 saturated carbocycles. The molecule has 0 unspecified atom stereocenters. The molecule has 0 fully saturated rings. The van der Waals surface area contributed by atoms with E-state index in [1.807, 2.05) is 10.6 Å². The SMILES string of the molecule is CCNCc1cn(CCC(=O)OC)c2ncccc12. The van der Waals surface area contributed by atoms with Gasteiger partial charge in [0.15, 0.2) is 0 Å². The van der Waals surface area contributed by atoms with Gasteiger partial charge in [-0.25, -0.2) is 4.98 Å². The molecule has 0 atom stereocenters. The Kier molecular flexibility index (Phi) is 4.52. The van der Waals surface area contributed by atoms with E-state index in [4.69, 9.17) is 0 Å². The number of hydrogen-bond acceptors (Lipinski definition) is 4.